The number of rotatable bonds is 5. The van der Waals surface area contributed by atoms with E-state index in [-0.39, 0.29) is 31.2 Å². The van der Waals surface area contributed by atoms with Crippen molar-refractivity contribution in [1.82, 2.24) is 10.0 Å². The van der Waals surface area contributed by atoms with Crippen LogP contribution in [0.5, 0.6) is 0 Å². The van der Waals surface area contributed by atoms with Crippen LogP contribution in [0.1, 0.15) is 20.7 Å². The second-order valence-electron chi connectivity index (χ2n) is 8.99. The van der Waals surface area contributed by atoms with Crippen LogP contribution in [0.4, 0.5) is 0 Å². The molecule has 4 atom stereocenters. The van der Waals surface area contributed by atoms with Crippen molar-refractivity contribution in [2.45, 2.75) is 14.1 Å². The minimum atomic E-state index is -2.16. The molecular formula is C24H11Cl9N2O4. The van der Waals surface area contributed by atoms with Crippen LogP contribution in [0, 0.1) is 11.8 Å². The maximum Gasteiger partial charge on any atom is 0.273 e. The Kier molecular flexibility index (Phi) is 7.45. The number of allylic oxidation sites excluding steroid dienone is 2. The van der Waals surface area contributed by atoms with E-state index in [1.165, 1.54) is 42.5 Å². The molecule has 204 valence electrons. The summed E-state index contributed by atoms with van der Waals surface area (Å²) in [5.74, 6) is -6.63. The van der Waals surface area contributed by atoms with Gasteiger partial charge in [0.05, 0.1) is 26.9 Å². The Labute approximate surface area is 266 Å². The number of ketones is 1. The standard InChI is InChI=1S/C24H11Cl9N2O4/c25-10-3-1-9(2-4-10)19(37)34(8-14(36)12-6-5-11(26)7-13(12)27)35-20(38)15-16(21(35)39)23(31)18(29)17(28)22(15,30)24(23,32)33/h1-7,15-16H,8H2/t15-,16-,22+,23+/m0/s1. The molecule has 1 heterocycles. The summed E-state index contributed by atoms with van der Waals surface area (Å²) in [5, 5.41) is 1.17. The van der Waals surface area contributed by atoms with Crippen LogP contribution in [-0.2, 0) is 9.59 Å². The summed E-state index contributed by atoms with van der Waals surface area (Å²) in [5.41, 5.74) is -0.000297. The number of fused-ring (bicyclic) bond motifs is 5. The summed E-state index contributed by atoms with van der Waals surface area (Å²) >= 11 is 57.4. The normalized spacial score (nSPS) is 28.8. The number of imide groups is 1. The quantitative estimate of drug-likeness (QED) is 0.185. The Morgan fingerprint density at radius 1 is 0.769 bits per heavy atom. The van der Waals surface area contributed by atoms with Crippen LogP contribution in [0.2, 0.25) is 15.1 Å². The van der Waals surface area contributed by atoms with Crippen molar-refractivity contribution in [2.24, 2.45) is 11.8 Å². The molecule has 0 spiro atoms. The zero-order chi connectivity index (χ0) is 28.8. The van der Waals surface area contributed by atoms with Gasteiger partial charge in [-0.2, -0.15) is 5.01 Å². The number of Topliss-reactive ketones (excluding diaryl/α,β-unsaturated/α-hetero) is 1. The number of benzene rings is 2. The van der Waals surface area contributed by atoms with Crippen molar-refractivity contribution in [3.63, 3.8) is 0 Å². The number of halogens is 9. The van der Waals surface area contributed by atoms with Crippen LogP contribution in [0.15, 0.2) is 52.5 Å². The minimum absolute atomic E-state index is 0.00312. The van der Waals surface area contributed by atoms with Gasteiger partial charge >= 0.3 is 0 Å². The van der Waals surface area contributed by atoms with Crippen molar-refractivity contribution in [1.29, 1.82) is 0 Å². The van der Waals surface area contributed by atoms with Gasteiger partial charge < -0.3 is 0 Å². The lowest BCUT2D eigenvalue weighted by Gasteiger charge is -2.36. The molecule has 2 aliphatic carbocycles. The molecular weight excluding hydrogens is 699 g/mol. The third-order valence-corrected chi connectivity index (χ3v) is 12.0. The molecule has 1 aliphatic heterocycles. The Balaban J connectivity index is 1.60. The molecule has 2 aromatic carbocycles. The van der Waals surface area contributed by atoms with Crippen molar-refractivity contribution < 1.29 is 19.2 Å². The van der Waals surface area contributed by atoms with Gasteiger partial charge in [0.2, 0.25) is 0 Å². The lowest BCUT2D eigenvalue weighted by Crippen LogP contribution is -2.56. The molecule has 2 fully saturated rings. The maximum absolute atomic E-state index is 13.9. The van der Waals surface area contributed by atoms with Gasteiger partial charge in [-0.15, -0.1) is 23.2 Å². The van der Waals surface area contributed by atoms with E-state index in [1.807, 2.05) is 0 Å². The highest BCUT2D eigenvalue weighted by molar-refractivity contribution is 6.66. The summed E-state index contributed by atoms with van der Waals surface area (Å²) in [7, 11) is 0. The Morgan fingerprint density at radius 2 is 1.26 bits per heavy atom. The molecule has 2 aromatic rings. The molecule has 0 unspecified atom stereocenters. The molecule has 2 bridgehead atoms. The van der Waals surface area contributed by atoms with Crippen LogP contribution >= 0.6 is 104 Å². The second kappa shape index (κ2) is 9.82. The van der Waals surface area contributed by atoms with E-state index < -0.39 is 56.0 Å². The highest BCUT2D eigenvalue weighted by Gasteiger charge is 2.88. The second-order valence-corrected chi connectivity index (χ2v) is 13.5. The average molecular weight is 710 g/mol. The fourth-order valence-corrected chi connectivity index (χ4v) is 8.70. The fourth-order valence-electron chi connectivity index (χ4n) is 5.13. The van der Waals surface area contributed by atoms with Crippen LogP contribution in [0.25, 0.3) is 0 Å². The average Bonchev–Trinajstić information content (AvgIpc) is 3.26. The van der Waals surface area contributed by atoms with E-state index in [1.54, 1.807) is 0 Å². The largest absolute Gasteiger partial charge is 0.292 e. The summed E-state index contributed by atoms with van der Waals surface area (Å²) in [6, 6.07) is 9.67. The Bertz CT molecular complexity index is 1470. The molecule has 0 radical (unpaired) electrons. The predicted molar refractivity (Wildman–Crippen MR) is 152 cm³/mol. The first kappa shape index (κ1) is 29.6. The molecule has 15 heteroatoms. The molecule has 5 rings (SSSR count). The van der Waals surface area contributed by atoms with Gasteiger partial charge in [-0.05, 0) is 42.5 Å². The number of hydrogen-bond acceptors (Lipinski definition) is 4. The number of hydrazine groups is 1. The summed E-state index contributed by atoms with van der Waals surface area (Å²) < 4.78 is -2.16. The van der Waals surface area contributed by atoms with E-state index in [9.17, 15) is 19.2 Å². The van der Waals surface area contributed by atoms with Crippen molar-refractivity contribution >= 4 is 128 Å². The van der Waals surface area contributed by atoms with E-state index >= 15 is 0 Å². The van der Waals surface area contributed by atoms with Gasteiger partial charge in [0.1, 0.15) is 16.3 Å². The third kappa shape index (κ3) is 3.90. The number of carbonyl (C=O) groups is 4. The Morgan fingerprint density at radius 3 is 1.74 bits per heavy atom. The summed E-state index contributed by atoms with van der Waals surface area (Å²) in [6.45, 7) is -0.786. The highest BCUT2D eigenvalue weighted by atomic mass is 35.5. The van der Waals surface area contributed by atoms with Gasteiger partial charge in [0.25, 0.3) is 17.7 Å². The number of hydrogen-bond donors (Lipinski definition) is 0. The number of alkyl halides is 4. The molecule has 0 N–H and O–H groups in total. The third-order valence-electron chi connectivity index (χ3n) is 6.98. The van der Waals surface area contributed by atoms with Gasteiger partial charge in [0.15, 0.2) is 10.1 Å². The van der Waals surface area contributed by atoms with E-state index in [2.05, 4.69) is 0 Å². The highest BCUT2D eigenvalue weighted by Crippen LogP contribution is 2.77. The lowest BCUT2D eigenvalue weighted by atomic mass is 9.84. The minimum Gasteiger partial charge on any atom is -0.292 e. The predicted octanol–water partition coefficient (Wildman–Crippen LogP) is 7.33. The van der Waals surface area contributed by atoms with E-state index in [0.717, 1.165) is 0 Å². The molecule has 39 heavy (non-hydrogen) atoms. The Hall–Kier alpha value is -0.930. The van der Waals surface area contributed by atoms with Crippen molar-refractivity contribution in [3.05, 3.63) is 78.7 Å². The van der Waals surface area contributed by atoms with Gasteiger partial charge in [-0.1, -0.05) is 81.2 Å². The molecule has 0 aromatic heterocycles. The summed E-state index contributed by atoms with van der Waals surface area (Å²) in [6.07, 6.45) is 0. The number of carbonyl (C=O) groups excluding carboxylic acids is 4. The smallest absolute Gasteiger partial charge is 0.273 e. The summed E-state index contributed by atoms with van der Waals surface area (Å²) in [4.78, 5) is 50.6. The molecule has 3 amide bonds. The van der Waals surface area contributed by atoms with Gasteiger partial charge in [-0.25, -0.2) is 5.01 Å². The molecule has 1 saturated heterocycles. The SMILES string of the molecule is O=C(CN(C(=O)c1ccc(Cl)cc1)N1C(=O)[C@@H]2[C@@H](C1=O)[C@@]1(Cl)C(Cl)=C(Cl)[C@@]2(Cl)C1(Cl)Cl)c1ccc(Cl)cc1Cl. The number of amides is 3. The lowest BCUT2D eigenvalue weighted by molar-refractivity contribution is -0.154. The molecule has 3 aliphatic rings. The zero-order valence-corrected chi connectivity index (χ0v) is 25.6. The monoisotopic (exact) mass is 706 g/mol. The van der Waals surface area contributed by atoms with Crippen LogP contribution in [0.3, 0.4) is 0 Å². The first-order chi connectivity index (χ1) is 18.1. The van der Waals surface area contributed by atoms with Crippen molar-refractivity contribution in [3.8, 4) is 0 Å². The zero-order valence-electron chi connectivity index (χ0n) is 18.8. The van der Waals surface area contributed by atoms with Gasteiger partial charge in [0, 0.05) is 21.2 Å². The van der Waals surface area contributed by atoms with Crippen molar-refractivity contribution in [2.75, 3.05) is 6.54 Å². The van der Waals surface area contributed by atoms with E-state index in [0.29, 0.717) is 15.0 Å². The van der Waals surface area contributed by atoms with Crippen LogP contribution < -0.4 is 0 Å². The topological polar surface area (TPSA) is 74.8 Å². The number of nitrogens with zero attached hydrogens (tertiary/aromatic N) is 2. The molecule has 1 saturated carbocycles. The first-order valence-electron chi connectivity index (χ1n) is 10.9. The van der Waals surface area contributed by atoms with E-state index in [4.69, 9.17) is 104 Å². The maximum atomic E-state index is 13.9. The van der Waals surface area contributed by atoms with Gasteiger partial charge in [-0.3, -0.25) is 19.2 Å². The van der Waals surface area contributed by atoms with Crippen LogP contribution in [-0.4, -0.2) is 54.1 Å². The first-order valence-corrected chi connectivity index (χ1v) is 14.3. The molecule has 6 nitrogen and oxygen atoms in total. The fraction of sp³-hybridized carbons (Fsp3) is 0.250.